The number of likely N-dealkylation sites (tertiary alicyclic amines) is 1. The Morgan fingerprint density at radius 1 is 1.53 bits per heavy atom. The molecule has 0 bridgehead atoms. The van der Waals surface area contributed by atoms with Crippen molar-refractivity contribution in [1.82, 2.24) is 4.90 Å². The second kappa shape index (κ2) is 6.08. The third kappa shape index (κ3) is 3.18. The minimum absolute atomic E-state index is 0.0598. The molecule has 0 aromatic carbocycles. The fraction of sp³-hybridized carbons (Fsp3) is 0.909. The molecule has 1 saturated heterocycles. The molecule has 0 aromatic rings. The van der Waals surface area contributed by atoms with E-state index in [2.05, 4.69) is 11.8 Å². The first-order valence-electron chi connectivity index (χ1n) is 5.74. The van der Waals surface area contributed by atoms with Gasteiger partial charge in [0.15, 0.2) is 0 Å². The standard InChI is InChI=1S/C11H22N2O2/c1-3-10(8-12)13-6-4-9(5-7-13)11(14)15-2/h9-10H,3-8,12H2,1-2H3. The van der Waals surface area contributed by atoms with Crippen LogP contribution in [0.3, 0.4) is 0 Å². The predicted octanol–water partition coefficient (Wildman–Crippen LogP) is 0.609. The Balaban J connectivity index is 2.38. The maximum absolute atomic E-state index is 11.3. The molecule has 1 fully saturated rings. The Kier molecular flexibility index (Phi) is 5.05. The third-order valence-corrected chi connectivity index (χ3v) is 3.32. The van der Waals surface area contributed by atoms with Crippen molar-refractivity contribution in [1.29, 1.82) is 0 Å². The van der Waals surface area contributed by atoms with Gasteiger partial charge >= 0.3 is 5.97 Å². The first kappa shape index (κ1) is 12.5. The fourth-order valence-electron chi connectivity index (χ4n) is 2.24. The zero-order chi connectivity index (χ0) is 11.3. The normalized spacial score (nSPS) is 21.3. The molecule has 0 saturated carbocycles. The molecule has 0 spiro atoms. The SMILES string of the molecule is CCC(CN)N1CCC(C(=O)OC)CC1. The van der Waals surface area contributed by atoms with Crippen molar-refractivity contribution >= 4 is 5.97 Å². The highest BCUT2D eigenvalue weighted by Crippen LogP contribution is 2.20. The summed E-state index contributed by atoms with van der Waals surface area (Å²) in [5, 5.41) is 0. The van der Waals surface area contributed by atoms with E-state index in [0.29, 0.717) is 12.6 Å². The molecule has 1 heterocycles. The number of ether oxygens (including phenoxy) is 1. The number of piperidine rings is 1. The predicted molar refractivity (Wildman–Crippen MR) is 59.4 cm³/mol. The van der Waals surface area contributed by atoms with Gasteiger partial charge < -0.3 is 10.5 Å². The van der Waals surface area contributed by atoms with Crippen molar-refractivity contribution in [2.75, 3.05) is 26.7 Å². The van der Waals surface area contributed by atoms with E-state index in [4.69, 9.17) is 10.5 Å². The van der Waals surface area contributed by atoms with Crippen LogP contribution in [-0.4, -0.2) is 43.7 Å². The van der Waals surface area contributed by atoms with Crippen molar-refractivity contribution < 1.29 is 9.53 Å². The Hall–Kier alpha value is -0.610. The van der Waals surface area contributed by atoms with Crippen LogP contribution in [-0.2, 0) is 9.53 Å². The average molecular weight is 214 g/mol. The first-order chi connectivity index (χ1) is 7.22. The van der Waals surface area contributed by atoms with Gasteiger partial charge in [-0.15, -0.1) is 0 Å². The zero-order valence-corrected chi connectivity index (χ0v) is 9.74. The van der Waals surface area contributed by atoms with E-state index < -0.39 is 0 Å². The summed E-state index contributed by atoms with van der Waals surface area (Å²) in [5.41, 5.74) is 5.70. The number of hydrogen-bond donors (Lipinski definition) is 1. The number of carbonyl (C=O) groups is 1. The van der Waals surface area contributed by atoms with E-state index in [1.54, 1.807) is 0 Å². The molecule has 2 N–H and O–H groups in total. The molecule has 1 rings (SSSR count). The number of hydrogen-bond acceptors (Lipinski definition) is 4. The van der Waals surface area contributed by atoms with Gasteiger partial charge in [-0.1, -0.05) is 6.92 Å². The number of methoxy groups -OCH3 is 1. The molecule has 4 nitrogen and oxygen atoms in total. The summed E-state index contributed by atoms with van der Waals surface area (Å²) in [6.45, 7) is 4.80. The molecule has 1 unspecified atom stereocenters. The molecule has 15 heavy (non-hydrogen) atoms. The minimum atomic E-state index is -0.0598. The molecule has 1 aliphatic rings. The summed E-state index contributed by atoms with van der Waals surface area (Å²) in [5.74, 6) is 0.0389. The first-order valence-corrected chi connectivity index (χ1v) is 5.74. The third-order valence-electron chi connectivity index (χ3n) is 3.32. The van der Waals surface area contributed by atoms with Crippen molar-refractivity contribution in [3.63, 3.8) is 0 Å². The quantitative estimate of drug-likeness (QED) is 0.697. The van der Waals surface area contributed by atoms with Gasteiger partial charge in [-0.25, -0.2) is 0 Å². The second-order valence-electron chi connectivity index (χ2n) is 4.13. The Morgan fingerprint density at radius 3 is 2.53 bits per heavy atom. The number of carbonyl (C=O) groups excluding carboxylic acids is 1. The van der Waals surface area contributed by atoms with E-state index in [0.717, 1.165) is 32.4 Å². The van der Waals surface area contributed by atoms with Gasteiger partial charge in [0, 0.05) is 12.6 Å². The monoisotopic (exact) mass is 214 g/mol. The van der Waals surface area contributed by atoms with Crippen molar-refractivity contribution in [2.45, 2.75) is 32.2 Å². The van der Waals surface area contributed by atoms with Crippen molar-refractivity contribution in [3.8, 4) is 0 Å². The van der Waals surface area contributed by atoms with E-state index in [9.17, 15) is 4.79 Å². The summed E-state index contributed by atoms with van der Waals surface area (Å²) in [4.78, 5) is 13.7. The van der Waals surface area contributed by atoms with E-state index in [-0.39, 0.29) is 11.9 Å². The van der Waals surface area contributed by atoms with Gasteiger partial charge in [-0.3, -0.25) is 9.69 Å². The van der Waals surface area contributed by atoms with Gasteiger partial charge in [-0.05, 0) is 32.4 Å². The molecular weight excluding hydrogens is 192 g/mol. The summed E-state index contributed by atoms with van der Waals surface area (Å²) < 4.78 is 4.76. The van der Waals surface area contributed by atoms with Gasteiger partial charge in [0.2, 0.25) is 0 Å². The molecule has 0 aromatic heterocycles. The van der Waals surface area contributed by atoms with Crippen LogP contribution in [0.25, 0.3) is 0 Å². The largest absolute Gasteiger partial charge is 0.469 e. The van der Waals surface area contributed by atoms with E-state index in [1.165, 1.54) is 7.11 Å². The molecule has 1 atom stereocenters. The van der Waals surface area contributed by atoms with Crippen LogP contribution in [0.5, 0.6) is 0 Å². The number of nitrogens with two attached hydrogens (primary N) is 1. The zero-order valence-electron chi connectivity index (χ0n) is 9.74. The van der Waals surface area contributed by atoms with Crippen LogP contribution in [0.1, 0.15) is 26.2 Å². The lowest BCUT2D eigenvalue weighted by molar-refractivity contribution is -0.147. The van der Waals surface area contributed by atoms with Gasteiger partial charge in [-0.2, -0.15) is 0 Å². The lowest BCUT2D eigenvalue weighted by Gasteiger charge is -2.35. The number of nitrogens with zero attached hydrogens (tertiary/aromatic N) is 1. The lowest BCUT2D eigenvalue weighted by atomic mass is 9.95. The minimum Gasteiger partial charge on any atom is -0.469 e. The van der Waals surface area contributed by atoms with Crippen LogP contribution in [0.15, 0.2) is 0 Å². The van der Waals surface area contributed by atoms with Gasteiger partial charge in [0.25, 0.3) is 0 Å². The van der Waals surface area contributed by atoms with Crippen LogP contribution in [0.2, 0.25) is 0 Å². The van der Waals surface area contributed by atoms with Crippen LogP contribution in [0.4, 0.5) is 0 Å². The highest BCUT2D eigenvalue weighted by molar-refractivity contribution is 5.72. The molecular formula is C11H22N2O2. The van der Waals surface area contributed by atoms with E-state index >= 15 is 0 Å². The topological polar surface area (TPSA) is 55.6 Å². The number of rotatable bonds is 4. The molecule has 0 amide bonds. The maximum Gasteiger partial charge on any atom is 0.308 e. The molecule has 0 radical (unpaired) electrons. The summed E-state index contributed by atoms with van der Waals surface area (Å²) in [6.07, 6.45) is 2.89. The van der Waals surface area contributed by atoms with E-state index in [1.807, 2.05) is 0 Å². The van der Waals surface area contributed by atoms with Crippen molar-refractivity contribution in [3.05, 3.63) is 0 Å². The summed E-state index contributed by atoms with van der Waals surface area (Å²) in [6, 6.07) is 0.476. The second-order valence-corrected chi connectivity index (χ2v) is 4.13. The molecule has 88 valence electrons. The van der Waals surface area contributed by atoms with Crippen LogP contribution in [0, 0.1) is 5.92 Å². The Morgan fingerprint density at radius 2 is 2.13 bits per heavy atom. The van der Waals surface area contributed by atoms with Crippen LogP contribution >= 0.6 is 0 Å². The molecule has 1 aliphatic heterocycles. The molecule has 4 heteroatoms. The molecule has 0 aliphatic carbocycles. The lowest BCUT2D eigenvalue weighted by Crippen LogP contribution is -2.45. The smallest absolute Gasteiger partial charge is 0.308 e. The summed E-state index contributed by atoms with van der Waals surface area (Å²) in [7, 11) is 1.46. The Bertz CT molecular complexity index is 197. The van der Waals surface area contributed by atoms with Crippen LogP contribution < -0.4 is 5.73 Å². The fourth-order valence-corrected chi connectivity index (χ4v) is 2.24. The highest BCUT2D eigenvalue weighted by Gasteiger charge is 2.27. The highest BCUT2D eigenvalue weighted by atomic mass is 16.5. The maximum atomic E-state index is 11.3. The summed E-state index contributed by atoms with van der Waals surface area (Å²) >= 11 is 0. The number of esters is 1. The Labute approximate surface area is 91.8 Å². The average Bonchev–Trinajstić information content (AvgIpc) is 2.30. The van der Waals surface area contributed by atoms with Gasteiger partial charge in [0.1, 0.15) is 0 Å². The van der Waals surface area contributed by atoms with Gasteiger partial charge in [0.05, 0.1) is 13.0 Å². The van der Waals surface area contributed by atoms with Crippen molar-refractivity contribution in [2.24, 2.45) is 11.7 Å².